The van der Waals surface area contributed by atoms with Crippen LogP contribution in [0.2, 0.25) is 0 Å². The Balaban J connectivity index is 3.04. The molecule has 0 aromatic heterocycles. The van der Waals surface area contributed by atoms with Gasteiger partial charge in [-0.05, 0) is 12.0 Å². The van der Waals surface area contributed by atoms with E-state index in [1.165, 1.54) is 12.0 Å². The van der Waals surface area contributed by atoms with Crippen molar-refractivity contribution in [2.75, 3.05) is 20.2 Å². The Kier molecular flexibility index (Phi) is 6.88. The molecule has 0 saturated heterocycles. The summed E-state index contributed by atoms with van der Waals surface area (Å²) < 4.78 is 4.56. The topological polar surface area (TPSA) is 102 Å². The van der Waals surface area contributed by atoms with Gasteiger partial charge in [-0.25, -0.2) is 4.79 Å². The average Bonchev–Trinajstić information content (AvgIpc) is 2.51. The molecule has 0 unspecified atom stereocenters. The van der Waals surface area contributed by atoms with Crippen molar-refractivity contribution in [2.24, 2.45) is 5.73 Å². The van der Waals surface area contributed by atoms with Gasteiger partial charge in [-0.1, -0.05) is 37.3 Å². The number of benzene rings is 1. The molecule has 0 fully saturated rings. The molecule has 7 heteroatoms. The average molecular weight is 307 g/mol. The summed E-state index contributed by atoms with van der Waals surface area (Å²) in [6, 6.07) is 7.81. The first-order valence-corrected chi connectivity index (χ1v) is 6.96. The molecule has 1 atom stereocenters. The molecule has 0 spiro atoms. The highest BCUT2D eigenvalue weighted by molar-refractivity contribution is 5.90. The summed E-state index contributed by atoms with van der Waals surface area (Å²) in [7, 11) is 1.22. The minimum atomic E-state index is -0.931. The first-order chi connectivity index (χ1) is 10.5. The number of carbonyl (C=O) groups is 3. The highest BCUT2D eigenvalue weighted by atomic mass is 16.5. The van der Waals surface area contributed by atoms with Gasteiger partial charge < -0.3 is 20.7 Å². The number of hydrogen-bond acceptors (Lipinski definition) is 4. The number of ether oxygens (including phenoxy) is 1. The number of alkyl carbamates (subject to hydrolysis) is 1. The first-order valence-electron chi connectivity index (χ1n) is 6.96. The molecule has 0 radical (unpaired) electrons. The maximum absolute atomic E-state index is 12.7. The third-order valence-corrected chi connectivity index (χ3v) is 2.98. The van der Waals surface area contributed by atoms with Crippen LogP contribution in [0, 0.1) is 0 Å². The van der Waals surface area contributed by atoms with Crippen molar-refractivity contribution in [2.45, 2.75) is 19.4 Å². The highest BCUT2D eigenvalue weighted by Gasteiger charge is 2.28. The summed E-state index contributed by atoms with van der Waals surface area (Å²) in [5, 5.41) is 2.49. The molecule has 3 amide bonds. The summed E-state index contributed by atoms with van der Waals surface area (Å²) >= 11 is 0. The number of nitrogens with one attached hydrogen (secondary N) is 1. The van der Waals surface area contributed by atoms with Gasteiger partial charge in [0.05, 0.1) is 13.7 Å². The van der Waals surface area contributed by atoms with Crippen molar-refractivity contribution < 1.29 is 19.1 Å². The molecular formula is C15H21N3O4. The SMILES string of the molecule is CCCN(CC(N)=O)C(=O)[C@H](NC(=O)OC)c1ccccc1. The lowest BCUT2D eigenvalue weighted by atomic mass is 10.1. The van der Waals surface area contributed by atoms with E-state index >= 15 is 0 Å². The van der Waals surface area contributed by atoms with E-state index in [-0.39, 0.29) is 6.54 Å². The van der Waals surface area contributed by atoms with E-state index in [0.29, 0.717) is 18.5 Å². The predicted molar refractivity (Wildman–Crippen MR) is 80.8 cm³/mol. The van der Waals surface area contributed by atoms with E-state index in [2.05, 4.69) is 10.1 Å². The van der Waals surface area contributed by atoms with Gasteiger partial charge in [0.2, 0.25) is 11.8 Å². The zero-order valence-corrected chi connectivity index (χ0v) is 12.7. The fourth-order valence-corrected chi connectivity index (χ4v) is 2.02. The number of amides is 3. The highest BCUT2D eigenvalue weighted by Crippen LogP contribution is 2.16. The van der Waals surface area contributed by atoms with Crippen LogP contribution in [0.15, 0.2) is 30.3 Å². The van der Waals surface area contributed by atoms with Crippen molar-refractivity contribution in [3.8, 4) is 0 Å². The summed E-state index contributed by atoms with van der Waals surface area (Å²) in [6.07, 6.45) is -0.0589. The van der Waals surface area contributed by atoms with Gasteiger partial charge in [-0.2, -0.15) is 0 Å². The number of primary amides is 1. The monoisotopic (exact) mass is 307 g/mol. The van der Waals surface area contributed by atoms with Crippen LogP contribution in [0.1, 0.15) is 24.9 Å². The Morgan fingerprint density at radius 2 is 1.91 bits per heavy atom. The van der Waals surface area contributed by atoms with Crippen LogP contribution in [-0.4, -0.2) is 43.0 Å². The summed E-state index contributed by atoms with van der Waals surface area (Å²) in [6.45, 7) is 2.05. The van der Waals surface area contributed by atoms with E-state index in [9.17, 15) is 14.4 Å². The first kappa shape index (κ1) is 17.5. The molecule has 0 aliphatic rings. The predicted octanol–water partition coefficient (Wildman–Crippen LogP) is 0.808. The van der Waals surface area contributed by atoms with Crippen LogP contribution in [0.4, 0.5) is 4.79 Å². The largest absolute Gasteiger partial charge is 0.453 e. The van der Waals surface area contributed by atoms with E-state index in [4.69, 9.17) is 5.73 Å². The second kappa shape index (κ2) is 8.66. The fourth-order valence-electron chi connectivity index (χ4n) is 2.02. The van der Waals surface area contributed by atoms with E-state index in [0.717, 1.165) is 0 Å². The van der Waals surface area contributed by atoms with Gasteiger partial charge in [0, 0.05) is 6.54 Å². The van der Waals surface area contributed by atoms with Gasteiger partial charge >= 0.3 is 6.09 Å². The van der Waals surface area contributed by atoms with Crippen molar-refractivity contribution in [3.63, 3.8) is 0 Å². The van der Waals surface area contributed by atoms with Gasteiger partial charge in [-0.3, -0.25) is 9.59 Å². The number of methoxy groups -OCH3 is 1. The molecule has 1 aromatic rings. The van der Waals surface area contributed by atoms with Crippen LogP contribution < -0.4 is 11.1 Å². The summed E-state index contributed by atoms with van der Waals surface area (Å²) in [5.41, 5.74) is 5.78. The third-order valence-electron chi connectivity index (χ3n) is 2.98. The molecular weight excluding hydrogens is 286 g/mol. The smallest absolute Gasteiger partial charge is 0.407 e. The number of nitrogens with zero attached hydrogens (tertiary/aromatic N) is 1. The fraction of sp³-hybridized carbons (Fsp3) is 0.400. The van der Waals surface area contributed by atoms with Crippen molar-refractivity contribution in [3.05, 3.63) is 35.9 Å². The van der Waals surface area contributed by atoms with Crippen LogP contribution in [0.25, 0.3) is 0 Å². The van der Waals surface area contributed by atoms with Crippen LogP contribution in [-0.2, 0) is 14.3 Å². The lowest BCUT2D eigenvalue weighted by molar-refractivity contribution is -0.137. The molecule has 0 saturated carbocycles. The van der Waals surface area contributed by atoms with E-state index < -0.39 is 23.9 Å². The zero-order chi connectivity index (χ0) is 16.5. The van der Waals surface area contributed by atoms with Crippen LogP contribution in [0.3, 0.4) is 0 Å². The molecule has 0 bridgehead atoms. The summed E-state index contributed by atoms with van der Waals surface area (Å²) in [4.78, 5) is 36.6. The third kappa shape index (κ3) is 5.08. The lowest BCUT2D eigenvalue weighted by Gasteiger charge is -2.26. The minimum absolute atomic E-state index is 0.196. The molecule has 120 valence electrons. The molecule has 0 aliphatic heterocycles. The Morgan fingerprint density at radius 3 is 2.41 bits per heavy atom. The second-order valence-corrected chi connectivity index (χ2v) is 4.71. The van der Waals surface area contributed by atoms with Gasteiger partial charge in [0.15, 0.2) is 0 Å². The Hall–Kier alpha value is -2.57. The van der Waals surface area contributed by atoms with E-state index in [1.807, 2.05) is 6.92 Å². The van der Waals surface area contributed by atoms with Crippen LogP contribution >= 0.6 is 0 Å². The van der Waals surface area contributed by atoms with Crippen molar-refractivity contribution >= 4 is 17.9 Å². The molecule has 0 aliphatic carbocycles. The van der Waals surface area contributed by atoms with Gasteiger partial charge in [0.25, 0.3) is 0 Å². The normalized spacial score (nSPS) is 11.4. The number of nitrogens with two attached hydrogens (primary N) is 1. The van der Waals surface area contributed by atoms with Gasteiger partial charge in [-0.15, -0.1) is 0 Å². The molecule has 22 heavy (non-hydrogen) atoms. The summed E-state index contributed by atoms with van der Waals surface area (Å²) in [5.74, 6) is -1.01. The standard InChI is InChI=1S/C15H21N3O4/c1-3-9-18(10-12(16)19)14(20)13(17-15(21)22-2)11-7-5-4-6-8-11/h4-8,13H,3,9-10H2,1-2H3,(H2,16,19)(H,17,21)/t13-/m1/s1. The Morgan fingerprint density at radius 1 is 1.27 bits per heavy atom. The van der Waals surface area contributed by atoms with E-state index in [1.54, 1.807) is 30.3 Å². The quantitative estimate of drug-likeness (QED) is 0.778. The number of hydrogen-bond donors (Lipinski definition) is 2. The Bertz CT molecular complexity index is 519. The molecule has 1 aromatic carbocycles. The number of carbonyl (C=O) groups excluding carboxylic acids is 3. The second-order valence-electron chi connectivity index (χ2n) is 4.71. The van der Waals surface area contributed by atoms with Crippen molar-refractivity contribution in [1.29, 1.82) is 0 Å². The maximum Gasteiger partial charge on any atom is 0.407 e. The Labute approximate surface area is 129 Å². The van der Waals surface area contributed by atoms with Crippen LogP contribution in [0.5, 0.6) is 0 Å². The maximum atomic E-state index is 12.7. The van der Waals surface area contributed by atoms with Crippen molar-refractivity contribution in [1.82, 2.24) is 10.2 Å². The molecule has 0 heterocycles. The molecule has 1 rings (SSSR count). The molecule has 7 nitrogen and oxygen atoms in total. The zero-order valence-electron chi connectivity index (χ0n) is 12.7. The number of rotatable bonds is 7. The van der Waals surface area contributed by atoms with Gasteiger partial charge in [0.1, 0.15) is 6.04 Å². The minimum Gasteiger partial charge on any atom is -0.453 e. The molecule has 3 N–H and O–H groups in total. The lowest BCUT2D eigenvalue weighted by Crippen LogP contribution is -2.46.